The summed E-state index contributed by atoms with van der Waals surface area (Å²) in [5, 5.41) is 4.77. The van der Waals surface area contributed by atoms with Crippen molar-refractivity contribution in [1.29, 1.82) is 0 Å². The average Bonchev–Trinajstić information content (AvgIpc) is 3.34. The molecule has 2 amide bonds. The Morgan fingerprint density at radius 3 is 2.69 bits per heavy atom. The third-order valence-corrected chi connectivity index (χ3v) is 6.85. The lowest BCUT2D eigenvalue weighted by Gasteiger charge is -2.35. The van der Waals surface area contributed by atoms with Crippen LogP contribution in [0.1, 0.15) is 41.6 Å². The Hall–Kier alpha value is -2.68. The SMILES string of the molecule is C=CCN(CC(=O)N1CCCCC1c1nc(-c2ccc(Br)cc2)no1)C(=O)c1ccc(Cl)cc1Cl. The summed E-state index contributed by atoms with van der Waals surface area (Å²) in [5.41, 5.74) is 1.09. The van der Waals surface area contributed by atoms with Crippen LogP contribution >= 0.6 is 39.1 Å². The highest BCUT2D eigenvalue weighted by atomic mass is 79.9. The van der Waals surface area contributed by atoms with Crippen molar-refractivity contribution in [2.24, 2.45) is 0 Å². The average molecular weight is 578 g/mol. The van der Waals surface area contributed by atoms with Crippen LogP contribution in [-0.4, -0.2) is 51.4 Å². The zero-order valence-electron chi connectivity index (χ0n) is 18.8. The molecule has 2 aromatic carbocycles. The summed E-state index contributed by atoms with van der Waals surface area (Å²) in [6, 6.07) is 11.9. The number of halogens is 3. The Bertz CT molecular complexity index is 1230. The fraction of sp³-hybridized carbons (Fsp3) is 0.280. The summed E-state index contributed by atoms with van der Waals surface area (Å²) >= 11 is 15.6. The molecule has 7 nitrogen and oxygen atoms in total. The van der Waals surface area contributed by atoms with Gasteiger partial charge in [-0.25, -0.2) is 0 Å². The smallest absolute Gasteiger partial charge is 0.256 e. The van der Waals surface area contributed by atoms with Gasteiger partial charge in [0.25, 0.3) is 5.91 Å². The lowest BCUT2D eigenvalue weighted by Crippen LogP contribution is -2.46. The number of hydrogen-bond donors (Lipinski definition) is 0. The van der Waals surface area contributed by atoms with Gasteiger partial charge in [0.1, 0.15) is 12.6 Å². The summed E-state index contributed by atoms with van der Waals surface area (Å²) in [5.74, 6) is 0.270. The molecular weight excluding hydrogens is 555 g/mol. The van der Waals surface area contributed by atoms with Gasteiger partial charge < -0.3 is 14.3 Å². The Morgan fingerprint density at radius 1 is 1.20 bits per heavy atom. The van der Waals surface area contributed by atoms with Gasteiger partial charge in [0.2, 0.25) is 17.6 Å². The number of nitrogens with zero attached hydrogens (tertiary/aromatic N) is 4. The number of hydrogen-bond acceptors (Lipinski definition) is 5. The van der Waals surface area contributed by atoms with Gasteiger partial charge in [-0.05, 0) is 61.7 Å². The predicted molar refractivity (Wildman–Crippen MR) is 138 cm³/mol. The zero-order chi connectivity index (χ0) is 24.9. The first-order chi connectivity index (χ1) is 16.9. The van der Waals surface area contributed by atoms with E-state index in [4.69, 9.17) is 27.7 Å². The number of likely N-dealkylation sites (tertiary alicyclic amines) is 1. The van der Waals surface area contributed by atoms with Crippen LogP contribution in [0.15, 0.2) is 64.1 Å². The fourth-order valence-electron chi connectivity index (χ4n) is 4.04. The minimum Gasteiger partial charge on any atom is -0.337 e. The molecule has 0 N–H and O–H groups in total. The Kier molecular flexibility index (Phi) is 8.26. The van der Waals surface area contributed by atoms with Gasteiger partial charge in [0, 0.05) is 28.1 Å². The van der Waals surface area contributed by atoms with E-state index in [1.54, 1.807) is 23.1 Å². The minimum absolute atomic E-state index is 0.131. The van der Waals surface area contributed by atoms with E-state index in [0.29, 0.717) is 29.7 Å². The van der Waals surface area contributed by atoms with Crippen molar-refractivity contribution in [3.05, 3.63) is 81.1 Å². The molecule has 0 aliphatic carbocycles. The Balaban J connectivity index is 1.53. The lowest BCUT2D eigenvalue weighted by atomic mass is 10.0. The minimum atomic E-state index is -0.371. The third-order valence-electron chi connectivity index (χ3n) is 5.78. The highest BCUT2D eigenvalue weighted by molar-refractivity contribution is 9.10. The number of rotatable bonds is 7. The van der Waals surface area contributed by atoms with Crippen LogP contribution < -0.4 is 0 Å². The van der Waals surface area contributed by atoms with E-state index in [1.807, 2.05) is 24.3 Å². The largest absolute Gasteiger partial charge is 0.337 e. The van der Waals surface area contributed by atoms with Crippen molar-refractivity contribution in [3.8, 4) is 11.4 Å². The molecule has 0 bridgehead atoms. The second-order valence-corrected chi connectivity index (χ2v) is 9.92. The highest BCUT2D eigenvalue weighted by Crippen LogP contribution is 2.32. The van der Waals surface area contributed by atoms with Crippen LogP contribution in [0.5, 0.6) is 0 Å². The van der Waals surface area contributed by atoms with E-state index >= 15 is 0 Å². The van der Waals surface area contributed by atoms with E-state index in [2.05, 4.69) is 32.6 Å². The maximum absolute atomic E-state index is 13.4. The molecule has 182 valence electrons. The van der Waals surface area contributed by atoms with E-state index < -0.39 is 0 Å². The molecule has 4 rings (SSSR count). The second kappa shape index (κ2) is 11.4. The van der Waals surface area contributed by atoms with Crippen molar-refractivity contribution in [2.45, 2.75) is 25.3 Å². The van der Waals surface area contributed by atoms with Crippen molar-refractivity contribution in [3.63, 3.8) is 0 Å². The maximum Gasteiger partial charge on any atom is 0.256 e. The van der Waals surface area contributed by atoms with Gasteiger partial charge in [-0.2, -0.15) is 4.98 Å². The van der Waals surface area contributed by atoms with Gasteiger partial charge in [-0.3, -0.25) is 9.59 Å². The molecule has 35 heavy (non-hydrogen) atoms. The molecule has 1 saturated heterocycles. The summed E-state index contributed by atoms with van der Waals surface area (Å²) in [6.45, 7) is 4.32. The summed E-state index contributed by atoms with van der Waals surface area (Å²) in [7, 11) is 0. The molecule has 10 heteroatoms. The van der Waals surface area contributed by atoms with Gasteiger partial charge in [-0.15, -0.1) is 6.58 Å². The zero-order valence-corrected chi connectivity index (χ0v) is 21.9. The topological polar surface area (TPSA) is 79.5 Å². The molecule has 1 aliphatic rings. The van der Waals surface area contributed by atoms with Crippen molar-refractivity contribution < 1.29 is 14.1 Å². The highest BCUT2D eigenvalue weighted by Gasteiger charge is 2.33. The first-order valence-corrected chi connectivity index (χ1v) is 12.7. The van der Waals surface area contributed by atoms with E-state index in [-0.39, 0.29) is 41.5 Å². The molecule has 0 spiro atoms. The van der Waals surface area contributed by atoms with Crippen molar-refractivity contribution in [2.75, 3.05) is 19.6 Å². The molecule has 1 unspecified atom stereocenters. The van der Waals surface area contributed by atoms with Crippen LogP contribution in [0.4, 0.5) is 0 Å². The fourth-order valence-corrected chi connectivity index (χ4v) is 4.79. The normalized spacial score (nSPS) is 15.6. The van der Waals surface area contributed by atoms with Crippen molar-refractivity contribution in [1.82, 2.24) is 19.9 Å². The number of aromatic nitrogens is 2. The molecule has 1 fully saturated rings. The number of piperidine rings is 1. The van der Waals surface area contributed by atoms with Crippen LogP contribution in [0, 0.1) is 0 Å². The molecule has 1 aliphatic heterocycles. The molecular formula is C25H23BrCl2N4O3. The molecule has 3 aromatic rings. The van der Waals surface area contributed by atoms with Gasteiger partial charge in [0.05, 0.1) is 10.6 Å². The second-order valence-electron chi connectivity index (χ2n) is 8.16. The monoisotopic (exact) mass is 576 g/mol. The van der Waals surface area contributed by atoms with Gasteiger partial charge >= 0.3 is 0 Å². The molecule has 0 radical (unpaired) electrons. The number of amides is 2. The third kappa shape index (κ3) is 5.94. The van der Waals surface area contributed by atoms with Gasteiger partial charge in [-0.1, -0.05) is 50.4 Å². The Morgan fingerprint density at radius 2 is 1.97 bits per heavy atom. The molecule has 2 heterocycles. The van der Waals surface area contributed by atoms with Crippen LogP contribution in [0.2, 0.25) is 10.0 Å². The van der Waals surface area contributed by atoms with Crippen LogP contribution in [0.25, 0.3) is 11.4 Å². The first-order valence-electron chi connectivity index (χ1n) is 11.1. The van der Waals surface area contributed by atoms with Crippen LogP contribution in [0.3, 0.4) is 0 Å². The molecule has 1 aromatic heterocycles. The van der Waals surface area contributed by atoms with E-state index in [0.717, 1.165) is 22.9 Å². The standard InChI is InChI=1S/C25H23BrCl2N4O3/c1-2-12-31(25(34)19-11-10-18(27)14-20(19)28)15-22(33)32-13-4-3-5-21(32)24-29-23(30-35-24)16-6-8-17(26)9-7-16/h2,6-11,14,21H,1,3-5,12-13,15H2. The lowest BCUT2D eigenvalue weighted by molar-refractivity contribution is -0.136. The van der Waals surface area contributed by atoms with Gasteiger partial charge in [0.15, 0.2) is 0 Å². The number of carbonyl (C=O) groups is 2. The summed E-state index contributed by atoms with van der Waals surface area (Å²) in [4.78, 5) is 34.3. The molecule has 1 atom stereocenters. The number of carbonyl (C=O) groups excluding carboxylic acids is 2. The van der Waals surface area contributed by atoms with E-state index in [9.17, 15) is 9.59 Å². The Labute approximate surface area is 221 Å². The molecule has 0 saturated carbocycles. The van der Waals surface area contributed by atoms with Crippen LogP contribution in [-0.2, 0) is 4.79 Å². The summed E-state index contributed by atoms with van der Waals surface area (Å²) in [6.07, 6.45) is 4.06. The maximum atomic E-state index is 13.4. The number of benzene rings is 2. The predicted octanol–water partition coefficient (Wildman–Crippen LogP) is 6.19. The van der Waals surface area contributed by atoms with E-state index in [1.165, 1.54) is 11.0 Å². The van der Waals surface area contributed by atoms with Crippen molar-refractivity contribution >= 4 is 50.9 Å². The first kappa shape index (κ1) is 25.4. The quantitative estimate of drug-likeness (QED) is 0.313. The summed E-state index contributed by atoms with van der Waals surface area (Å²) < 4.78 is 6.52.